The molecule has 3 atom stereocenters. The maximum atomic E-state index is 14.4. The Balaban J connectivity index is 1.94. The summed E-state index contributed by atoms with van der Waals surface area (Å²) >= 11 is 0. The number of nitriles is 1. The summed E-state index contributed by atoms with van der Waals surface area (Å²) in [7, 11) is -8.83. The fourth-order valence-corrected chi connectivity index (χ4v) is 9.23. The molecule has 0 fully saturated rings. The Labute approximate surface area is 222 Å². The fourth-order valence-electron chi connectivity index (χ4n) is 5.32. The van der Waals surface area contributed by atoms with Gasteiger partial charge in [-0.2, -0.15) is 5.26 Å². The minimum atomic E-state index is -4.52. The van der Waals surface area contributed by atoms with Crippen LogP contribution >= 0.6 is 0 Å². The summed E-state index contributed by atoms with van der Waals surface area (Å²) in [6, 6.07) is 34.7. The van der Waals surface area contributed by atoms with Gasteiger partial charge in [-0.25, -0.2) is 16.8 Å². The van der Waals surface area contributed by atoms with Gasteiger partial charge in [-0.3, -0.25) is 0 Å². The van der Waals surface area contributed by atoms with Crippen LogP contribution in [0, 0.1) is 11.3 Å². The van der Waals surface area contributed by atoms with E-state index in [4.69, 9.17) is 5.73 Å². The molecule has 0 bridgehead atoms. The first-order chi connectivity index (χ1) is 18.3. The van der Waals surface area contributed by atoms with Crippen molar-refractivity contribution in [2.75, 3.05) is 0 Å². The summed E-state index contributed by atoms with van der Waals surface area (Å²) in [5.41, 5.74) is 7.22. The number of rotatable bonds is 6. The molecule has 0 saturated carbocycles. The maximum Gasteiger partial charge on any atom is 0.210 e. The monoisotopic (exact) mass is 540 g/mol. The molecule has 0 unspecified atom stereocenters. The molecular formula is C30H24N2O4S2. The lowest BCUT2D eigenvalue weighted by Gasteiger charge is -2.33. The van der Waals surface area contributed by atoms with E-state index < -0.39 is 42.0 Å². The third-order valence-corrected chi connectivity index (χ3v) is 11.3. The number of hydrogen-bond acceptors (Lipinski definition) is 6. The zero-order chi connectivity index (χ0) is 27.0. The average molecular weight is 541 g/mol. The lowest BCUT2D eigenvalue weighted by atomic mass is 9.78. The van der Waals surface area contributed by atoms with Gasteiger partial charge in [-0.1, -0.05) is 97.1 Å². The van der Waals surface area contributed by atoms with E-state index in [0.29, 0.717) is 11.1 Å². The molecule has 0 heterocycles. The van der Waals surface area contributed by atoms with Gasteiger partial charge in [-0.05, 0) is 35.4 Å². The Kier molecular flexibility index (Phi) is 6.43. The molecule has 4 aromatic rings. The smallest absolute Gasteiger partial charge is 0.210 e. The zero-order valence-corrected chi connectivity index (χ0v) is 21.8. The number of sulfone groups is 2. The van der Waals surface area contributed by atoms with Crippen molar-refractivity contribution in [2.24, 2.45) is 5.73 Å². The average Bonchev–Trinajstić information content (AvgIpc) is 3.25. The molecule has 2 N–H and O–H groups in total. The Morgan fingerprint density at radius 3 is 1.53 bits per heavy atom. The van der Waals surface area contributed by atoms with Crippen LogP contribution < -0.4 is 5.73 Å². The van der Waals surface area contributed by atoms with E-state index in [1.165, 1.54) is 24.3 Å². The molecule has 1 aliphatic carbocycles. The largest absolute Gasteiger partial charge is 0.399 e. The minimum Gasteiger partial charge on any atom is -0.399 e. The van der Waals surface area contributed by atoms with Gasteiger partial charge in [0.2, 0.25) is 24.4 Å². The van der Waals surface area contributed by atoms with E-state index in [2.05, 4.69) is 0 Å². The van der Waals surface area contributed by atoms with Crippen LogP contribution in [0.4, 0.5) is 0 Å². The lowest BCUT2D eigenvalue weighted by molar-refractivity contribution is 0.527. The first-order valence-electron chi connectivity index (χ1n) is 11.9. The van der Waals surface area contributed by atoms with Gasteiger partial charge in [-0.15, -0.1) is 0 Å². The molecule has 0 spiro atoms. The molecular weight excluding hydrogens is 516 g/mol. The number of benzene rings is 4. The van der Waals surface area contributed by atoms with Crippen LogP contribution in [0.25, 0.3) is 0 Å². The molecule has 0 aromatic heterocycles. The molecule has 190 valence electrons. The summed E-state index contributed by atoms with van der Waals surface area (Å²) in [5.74, 6) is -2.18. The summed E-state index contributed by atoms with van der Waals surface area (Å²) in [6.07, 6.45) is 0. The van der Waals surface area contributed by atoms with Gasteiger partial charge >= 0.3 is 0 Å². The van der Waals surface area contributed by atoms with Crippen LogP contribution in [0.15, 0.2) is 142 Å². The Morgan fingerprint density at radius 2 is 1.05 bits per heavy atom. The first-order valence-corrected chi connectivity index (χ1v) is 14.8. The van der Waals surface area contributed by atoms with Gasteiger partial charge in [0.25, 0.3) is 0 Å². The lowest BCUT2D eigenvalue weighted by Crippen LogP contribution is -2.45. The summed E-state index contributed by atoms with van der Waals surface area (Å²) in [4.78, 5) is -0.419. The number of hydrogen-bond donors (Lipinski definition) is 1. The van der Waals surface area contributed by atoms with E-state index in [0.717, 1.165) is 0 Å². The van der Waals surface area contributed by atoms with Gasteiger partial charge in [0.15, 0.2) is 0 Å². The Bertz CT molecular complexity index is 1750. The summed E-state index contributed by atoms with van der Waals surface area (Å²) < 4.78 is 54.9. The zero-order valence-electron chi connectivity index (χ0n) is 20.2. The predicted octanol–water partition coefficient (Wildman–Crippen LogP) is 4.95. The van der Waals surface area contributed by atoms with Crippen LogP contribution in [-0.2, 0) is 19.7 Å². The molecule has 4 aromatic carbocycles. The van der Waals surface area contributed by atoms with Crippen LogP contribution in [-0.4, -0.2) is 21.6 Å². The van der Waals surface area contributed by atoms with E-state index in [1.54, 1.807) is 97.1 Å². The van der Waals surface area contributed by atoms with E-state index in [1.807, 2.05) is 6.07 Å². The standard InChI is InChI=1S/C30H24N2O4S2/c31-21-30(38(35,36)25-19-11-4-12-20-25)27(23-15-7-2-8-16-23)26(22-13-5-1-6-14-22)28(29(30)32)37(33,34)24-17-9-3-10-18-24/h1-20,26-27H,32H2/t26-,27-,30+/m0/s1. The predicted molar refractivity (Wildman–Crippen MR) is 145 cm³/mol. The van der Waals surface area contributed by atoms with Crippen LogP contribution in [0.2, 0.25) is 0 Å². The van der Waals surface area contributed by atoms with Crippen molar-refractivity contribution in [3.63, 3.8) is 0 Å². The quantitative estimate of drug-likeness (QED) is 0.370. The molecule has 0 radical (unpaired) electrons. The highest BCUT2D eigenvalue weighted by atomic mass is 32.2. The Morgan fingerprint density at radius 1 is 0.632 bits per heavy atom. The maximum absolute atomic E-state index is 14.4. The number of nitrogens with two attached hydrogens (primary N) is 1. The van der Waals surface area contributed by atoms with E-state index >= 15 is 0 Å². The van der Waals surface area contributed by atoms with Gasteiger partial charge in [0, 0.05) is 11.8 Å². The van der Waals surface area contributed by atoms with Gasteiger partial charge in [0.1, 0.15) is 0 Å². The minimum absolute atomic E-state index is 0.0310. The highest BCUT2D eigenvalue weighted by molar-refractivity contribution is 7.96. The summed E-state index contributed by atoms with van der Waals surface area (Å²) in [5, 5.41) is 10.8. The second-order valence-electron chi connectivity index (χ2n) is 9.04. The van der Waals surface area contributed by atoms with Crippen molar-refractivity contribution in [3.8, 4) is 6.07 Å². The van der Waals surface area contributed by atoms with Gasteiger partial charge in [0.05, 0.1) is 26.5 Å². The second-order valence-corrected chi connectivity index (χ2v) is 13.1. The topological polar surface area (TPSA) is 118 Å². The van der Waals surface area contributed by atoms with Crippen molar-refractivity contribution in [3.05, 3.63) is 143 Å². The molecule has 6 nitrogen and oxygen atoms in total. The van der Waals surface area contributed by atoms with Crippen LogP contribution in [0.5, 0.6) is 0 Å². The highest BCUT2D eigenvalue weighted by Crippen LogP contribution is 2.59. The van der Waals surface area contributed by atoms with E-state index in [9.17, 15) is 22.1 Å². The Hall–Kier alpha value is -4.19. The highest BCUT2D eigenvalue weighted by Gasteiger charge is 2.65. The molecule has 0 amide bonds. The molecule has 5 rings (SSSR count). The van der Waals surface area contributed by atoms with Crippen molar-refractivity contribution >= 4 is 19.7 Å². The molecule has 0 aliphatic heterocycles. The van der Waals surface area contributed by atoms with Crippen molar-refractivity contribution in [1.82, 2.24) is 0 Å². The number of nitrogens with zero attached hydrogens (tertiary/aromatic N) is 1. The van der Waals surface area contributed by atoms with Crippen molar-refractivity contribution in [1.29, 1.82) is 5.26 Å². The SMILES string of the molecule is N#C[C@]1(S(=O)(=O)c2ccccc2)C(N)=C(S(=O)(=O)c2ccccc2)[C@@H](c2ccccc2)[C@@H]1c1ccccc1. The van der Waals surface area contributed by atoms with Crippen molar-refractivity contribution in [2.45, 2.75) is 26.4 Å². The molecule has 1 aliphatic rings. The van der Waals surface area contributed by atoms with Gasteiger partial charge < -0.3 is 5.73 Å². The molecule has 0 saturated heterocycles. The second kappa shape index (κ2) is 9.60. The molecule has 38 heavy (non-hydrogen) atoms. The van der Waals surface area contributed by atoms with Crippen LogP contribution in [0.3, 0.4) is 0 Å². The third-order valence-electron chi connectivity index (χ3n) is 7.02. The molecule has 8 heteroatoms. The third kappa shape index (κ3) is 3.74. The fraction of sp³-hybridized carbons (Fsp3) is 0.100. The number of allylic oxidation sites excluding steroid dienone is 1. The normalized spacial score (nSPS) is 21.7. The first kappa shape index (κ1) is 25.5. The summed E-state index contributed by atoms with van der Waals surface area (Å²) in [6.45, 7) is 0. The van der Waals surface area contributed by atoms with Crippen LogP contribution in [0.1, 0.15) is 23.0 Å². The van der Waals surface area contributed by atoms with Crippen molar-refractivity contribution < 1.29 is 16.8 Å². The van der Waals surface area contributed by atoms with E-state index in [-0.39, 0.29) is 14.7 Å².